The molecule has 1 amide bonds. The van der Waals surface area contributed by atoms with Gasteiger partial charge in [-0.3, -0.25) is 4.79 Å². The van der Waals surface area contributed by atoms with Crippen LogP contribution in [-0.2, 0) is 4.79 Å². The molecular weight excluding hydrogens is 392 g/mol. The fourth-order valence-corrected chi connectivity index (χ4v) is 2.68. The van der Waals surface area contributed by atoms with Crippen molar-refractivity contribution in [1.29, 1.82) is 0 Å². The second-order valence-electron chi connectivity index (χ2n) is 6.01. The largest absolute Gasteiger partial charge is 0.506 e. The molecule has 0 aliphatic carbocycles. The van der Waals surface area contributed by atoms with Gasteiger partial charge in [-0.1, -0.05) is 17.7 Å². The van der Waals surface area contributed by atoms with Crippen LogP contribution in [0.2, 0.25) is 5.02 Å². The molecule has 0 saturated heterocycles. The predicted molar refractivity (Wildman–Crippen MR) is 116 cm³/mol. The first-order chi connectivity index (χ1) is 14.0. The number of amides is 1. The number of aromatic hydroxyl groups is 1. The Labute approximate surface area is 172 Å². The fraction of sp³-hybridized carbons (Fsp3) is 0.0476. The van der Waals surface area contributed by atoms with Crippen LogP contribution in [0.1, 0.15) is 5.56 Å². The standard InChI is InChI=1S/C21H19ClN4O3/c1-29-15-6-2-5-14(10-15)25-21-13(4-3-9-24-21)7-8-20(28)26-18-11-16(22)19(27)12-17(18)23/h2-12,27H,23H2,1H3,(H,24,25)(H,26,28)/b8-7+. The Kier molecular flexibility index (Phi) is 6.21. The van der Waals surface area contributed by atoms with Crippen LogP contribution in [0.3, 0.4) is 0 Å². The first-order valence-corrected chi connectivity index (χ1v) is 8.97. The molecule has 1 heterocycles. The molecule has 0 spiro atoms. The number of benzene rings is 2. The van der Waals surface area contributed by atoms with Gasteiger partial charge < -0.3 is 26.2 Å². The normalized spacial score (nSPS) is 10.7. The number of anilines is 4. The van der Waals surface area contributed by atoms with Crippen LogP contribution in [0.4, 0.5) is 22.9 Å². The summed E-state index contributed by atoms with van der Waals surface area (Å²) in [6, 6.07) is 13.7. The summed E-state index contributed by atoms with van der Waals surface area (Å²) in [4.78, 5) is 16.6. The van der Waals surface area contributed by atoms with Gasteiger partial charge in [-0.05, 0) is 36.4 Å². The van der Waals surface area contributed by atoms with E-state index in [0.29, 0.717) is 22.8 Å². The first kappa shape index (κ1) is 20.0. The van der Waals surface area contributed by atoms with Gasteiger partial charge in [0.1, 0.15) is 17.3 Å². The lowest BCUT2D eigenvalue weighted by Gasteiger charge is -2.10. The van der Waals surface area contributed by atoms with Crippen LogP contribution < -0.4 is 21.1 Å². The quantitative estimate of drug-likeness (QED) is 0.272. The number of methoxy groups -OCH3 is 1. The molecule has 8 heteroatoms. The molecule has 3 aromatic rings. The zero-order valence-corrected chi connectivity index (χ0v) is 16.3. The number of halogens is 1. The Bertz CT molecular complexity index is 1070. The lowest BCUT2D eigenvalue weighted by molar-refractivity contribution is -0.111. The van der Waals surface area contributed by atoms with Crippen LogP contribution in [0, 0.1) is 0 Å². The van der Waals surface area contributed by atoms with Gasteiger partial charge >= 0.3 is 0 Å². The SMILES string of the molecule is COc1cccc(Nc2ncccc2/C=C/C(=O)Nc2cc(Cl)c(O)cc2N)c1. The lowest BCUT2D eigenvalue weighted by atomic mass is 10.2. The van der Waals surface area contributed by atoms with Crippen LogP contribution in [0.25, 0.3) is 6.08 Å². The number of hydrogen-bond acceptors (Lipinski definition) is 6. The summed E-state index contributed by atoms with van der Waals surface area (Å²) in [7, 11) is 1.60. The topological polar surface area (TPSA) is 110 Å². The van der Waals surface area contributed by atoms with E-state index >= 15 is 0 Å². The predicted octanol–water partition coefficient (Wildman–Crippen LogP) is 4.43. The molecule has 0 fully saturated rings. The van der Waals surface area contributed by atoms with Crippen LogP contribution in [0.15, 0.2) is 60.8 Å². The fourth-order valence-electron chi connectivity index (χ4n) is 2.52. The summed E-state index contributed by atoms with van der Waals surface area (Å²) >= 11 is 5.86. The van der Waals surface area contributed by atoms with Crippen LogP contribution >= 0.6 is 11.6 Å². The van der Waals surface area contributed by atoms with Gasteiger partial charge in [-0.25, -0.2) is 4.98 Å². The smallest absolute Gasteiger partial charge is 0.248 e. The third-order valence-corrected chi connectivity index (χ3v) is 4.27. The second-order valence-corrected chi connectivity index (χ2v) is 6.42. The van der Waals surface area contributed by atoms with Crippen molar-refractivity contribution in [2.24, 2.45) is 0 Å². The van der Waals surface area contributed by atoms with Gasteiger partial charge in [-0.2, -0.15) is 0 Å². The van der Waals surface area contributed by atoms with E-state index < -0.39 is 5.91 Å². The number of phenols is 1. The molecule has 1 aromatic heterocycles. The minimum atomic E-state index is -0.408. The molecule has 0 unspecified atom stereocenters. The molecule has 0 radical (unpaired) electrons. The maximum Gasteiger partial charge on any atom is 0.248 e. The van der Waals surface area contributed by atoms with E-state index in [1.54, 1.807) is 25.4 Å². The molecule has 7 nitrogen and oxygen atoms in total. The minimum Gasteiger partial charge on any atom is -0.506 e. The molecule has 2 aromatic carbocycles. The van der Waals surface area contributed by atoms with E-state index in [0.717, 1.165) is 5.69 Å². The maximum absolute atomic E-state index is 12.3. The van der Waals surface area contributed by atoms with Crippen molar-refractivity contribution in [3.63, 3.8) is 0 Å². The van der Waals surface area contributed by atoms with Crippen molar-refractivity contribution in [1.82, 2.24) is 4.98 Å². The summed E-state index contributed by atoms with van der Waals surface area (Å²) in [5, 5.41) is 15.5. The van der Waals surface area contributed by atoms with Crippen molar-refractivity contribution in [3.05, 3.63) is 71.4 Å². The third kappa shape index (κ3) is 5.18. The molecule has 0 aliphatic rings. The Morgan fingerprint density at radius 3 is 2.86 bits per heavy atom. The first-order valence-electron chi connectivity index (χ1n) is 8.59. The van der Waals surface area contributed by atoms with Gasteiger partial charge in [0.25, 0.3) is 0 Å². The zero-order valence-electron chi connectivity index (χ0n) is 15.5. The molecule has 3 rings (SSSR count). The van der Waals surface area contributed by atoms with E-state index in [4.69, 9.17) is 22.1 Å². The van der Waals surface area contributed by atoms with Crippen molar-refractivity contribution >= 4 is 46.5 Å². The average molecular weight is 411 g/mol. The van der Waals surface area contributed by atoms with E-state index in [-0.39, 0.29) is 16.5 Å². The van der Waals surface area contributed by atoms with E-state index in [2.05, 4.69) is 15.6 Å². The summed E-state index contributed by atoms with van der Waals surface area (Å²) in [6.45, 7) is 0. The van der Waals surface area contributed by atoms with Crippen molar-refractivity contribution in [2.75, 3.05) is 23.5 Å². The number of nitrogen functional groups attached to an aromatic ring is 1. The van der Waals surface area contributed by atoms with Gasteiger partial charge in [0, 0.05) is 35.7 Å². The van der Waals surface area contributed by atoms with E-state index in [1.165, 1.54) is 18.2 Å². The number of carbonyl (C=O) groups excluding carboxylic acids is 1. The molecular formula is C21H19ClN4O3. The van der Waals surface area contributed by atoms with Gasteiger partial charge in [0.05, 0.1) is 23.5 Å². The van der Waals surface area contributed by atoms with Crippen molar-refractivity contribution in [2.45, 2.75) is 0 Å². The Morgan fingerprint density at radius 2 is 2.07 bits per heavy atom. The molecule has 29 heavy (non-hydrogen) atoms. The summed E-state index contributed by atoms with van der Waals surface area (Å²) in [5.41, 5.74) is 7.81. The third-order valence-electron chi connectivity index (χ3n) is 3.96. The van der Waals surface area contributed by atoms with E-state index in [1.807, 2.05) is 30.3 Å². The number of carbonyl (C=O) groups is 1. The Balaban J connectivity index is 1.75. The van der Waals surface area contributed by atoms with Crippen LogP contribution in [-0.4, -0.2) is 23.1 Å². The number of nitrogens with one attached hydrogen (secondary N) is 2. The van der Waals surface area contributed by atoms with Gasteiger partial charge in [0.2, 0.25) is 5.91 Å². The zero-order chi connectivity index (χ0) is 20.8. The highest BCUT2D eigenvalue weighted by molar-refractivity contribution is 6.32. The number of nitrogens with zero attached hydrogens (tertiary/aromatic N) is 1. The van der Waals surface area contributed by atoms with Crippen molar-refractivity contribution < 1.29 is 14.6 Å². The molecule has 0 bridgehead atoms. The Morgan fingerprint density at radius 1 is 1.24 bits per heavy atom. The molecule has 0 saturated carbocycles. The van der Waals surface area contributed by atoms with E-state index in [9.17, 15) is 9.90 Å². The summed E-state index contributed by atoms with van der Waals surface area (Å²) in [5.74, 6) is 0.737. The number of nitrogens with two attached hydrogens (primary N) is 1. The number of hydrogen-bond donors (Lipinski definition) is 4. The number of pyridine rings is 1. The second kappa shape index (κ2) is 8.99. The Hall–Kier alpha value is -3.71. The maximum atomic E-state index is 12.3. The number of phenolic OH excluding ortho intramolecular Hbond substituents is 1. The highest BCUT2D eigenvalue weighted by atomic mass is 35.5. The highest BCUT2D eigenvalue weighted by Crippen LogP contribution is 2.31. The minimum absolute atomic E-state index is 0.0931. The van der Waals surface area contributed by atoms with Crippen LogP contribution in [0.5, 0.6) is 11.5 Å². The molecule has 0 aliphatic heterocycles. The number of rotatable bonds is 6. The van der Waals surface area contributed by atoms with Gasteiger partial charge in [0.15, 0.2) is 0 Å². The van der Waals surface area contributed by atoms with Gasteiger partial charge in [-0.15, -0.1) is 0 Å². The number of aromatic nitrogens is 1. The molecule has 5 N–H and O–H groups in total. The molecule has 148 valence electrons. The highest BCUT2D eigenvalue weighted by Gasteiger charge is 2.08. The summed E-state index contributed by atoms with van der Waals surface area (Å²) in [6.07, 6.45) is 4.63. The summed E-state index contributed by atoms with van der Waals surface area (Å²) < 4.78 is 5.22. The average Bonchev–Trinajstić information content (AvgIpc) is 2.71. The van der Waals surface area contributed by atoms with Crippen molar-refractivity contribution in [3.8, 4) is 11.5 Å². The molecule has 0 atom stereocenters. The monoisotopic (exact) mass is 410 g/mol. The lowest BCUT2D eigenvalue weighted by Crippen LogP contribution is -2.09. The number of ether oxygens (including phenoxy) is 1.